The summed E-state index contributed by atoms with van der Waals surface area (Å²) >= 11 is 0. The first-order chi connectivity index (χ1) is 14.5. The van der Waals surface area contributed by atoms with Crippen molar-refractivity contribution in [2.45, 2.75) is 37.6 Å². The van der Waals surface area contributed by atoms with Gasteiger partial charge in [0.1, 0.15) is 5.75 Å². The number of amides is 2. The van der Waals surface area contributed by atoms with Crippen LogP contribution >= 0.6 is 0 Å². The van der Waals surface area contributed by atoms with E-state index in [4.69, 9.17) is 4.74 Å². The van der Waals surface area contributed by atoms with E-state index in [1.165, 1.54) is 11.8 Å². The van der Waals surface area contributed by atoms with E-state index < -0.39 is 9.84 Å². The highest BCUT2D eigenvalue weighted by molar-refractivity contribution is 7.90. The molecule has 166 valence electrons. The van der Waals surface area contributed by atoms with Gasteiger partial charge in [-0.2, -0.15) is 0 Å². The number of hydrogen-bond acceptors (Lipinski definition) is 5. The molecular formula is C23H28N2O5S. The van der Waals surface area contributed by atoms with Crippen molar-refractivity contribution in [1.82, 2.24) is 4.90 Å². The van der Waals surface area contributed by atoms with Gasteiger partial charge in [-0.15, -0.1) is 0 Å². The molecule has 1 heterocycles. The predicted molar refractivity (Wildman–Crippen MR) is 120 cm³/mol. The van der Waals surface area contributed by atoms with Crippen LogP contribution in [0.5, 0.6) is 5.75 Å². The van der Waals surface area contributed by atoms with E-state index in [1.54, 1.807) is 37.2 Å². The Morgan fingerprint density at radius 3 is 2.52 bits per heavy atom. The van der Waals surface area contributed by atoms with Gasteiger partial charge in [0.25, 0.3) is 5.91 Å². The van der Waals surface area contributed by atoms with Crippen LogP contribution in [-0.4, -0.2) is 58.1 Å². The third-order valence-electron chi connectivity index (χ3n) is 5.50. The number of fused-ring (bicyclic) bond motifs is 1. The Hall–Kier alpha value is -2.87. The second-order valence-corrected chi connectivity index (χ2v) is 10.1. The lowest BCUT2D eigenvalue weighted by atomic mass is 9.91. The molecule has 31 heavy (non-hydrogen) atoms. The molecular weight excluding hydrogens is 416 g/mol. The third kappa shape index (κ3) is 4.74. The summed E-state index contributed by atoms with van der Waals surface area (Å²) in [7, 11) is -0.0731. The number of benzene rings is 2. The maximum atomic E-state index is 12.3. The standard InChI is InChI=1S/C23H28N2O5S/c1-15-9-10-20-21(25(15)16(2)26)12-11-19(23(20)30-14-22(27)24(3)4)17-7-6-8-18(13-17)31(5,28)29/h6-8,11-13,15H,9-10,14H2,1-5H3/t15-/m0/s1. The second kappa shape index (κ2) is 8.70. The number of nitrogens with zero attached hydrogens (tertiary/aromatic N) is 2. The lowest BCUT2D eigenvalue weighted by Gasteiger charge is -2.36. The quantitative estimate of drug-likeness (QED) is 0.708. The summed E-state index contributed by atoms with van der Waals surface area (Å²) in [5.41, 5.74) is 2.98. The number of carbonyl (C=O) groups is 2. The molecule has 2 aromatic rings. The first-order valence-corrected chi connectivity index (χ1v) is 12.0. The molecule has 0 unspecified atom stereocenters. The molecule has 2 amide bonds. The zero-order chi connectivity index (χ0) is 22.9. The average molecular weight is 445 g/mol. The zero-order valence-corrected chi connectivity index (χ0v) is 19.3. The number of rotatable bonds is 5. The molecule has 3 rings (SSSR count). The van der Waals surface area contributed by atoms with Gasteiger partial charge < -0.3 is 14.5 Å². The van der Waals surface area contributed by atoms with Gasteiger partial charge in [-0.25, -0.2) is 8.42 Å². The fourth-order valence-electron chi connectivity index (χ4n) is 3.83. The van der Waals surface area contributed by atoms with E-state index in [0.29, 0.717) is 23.3 Å². The molecule has 1 aliphatic rings. The molecule has 0 N–H and O–H groups in total. The van der Waals surface area contributed by atoms with Crippen LogP contribution in [0.4, 0.5) is 5.69 Å². The monoisotopic (exact) mass is 444 g/mol. The van der Waals surface area contributed by atoms with Crippen LogP contribution in [0.3, 0.4) is 0 Å². The number of hydrogen-bond donors (Lipinski definition) is 0. The van der Waals surface area contributed by atoms with Crippen LogP contribution < -0.4 is 9.64 Å². The minimum absolute atomic E-state index is 0.0562. The first-order valence-electron chi connectivity index (χ1n) is 10.1. The van der Waals surface area contributed by atoms with E-state index >= 15 is 0 Å². The van der Waals surface area contributed by atoms with Crippen LogP contribution in [-0.2, 0) is 25.8 Å². The van der Waals surface area contributed by atoms with Crippen molar-refractivity contribution in [2.75, 3.05) is 31.9 Å². The lowest BCUT2D eigenvalue weighted by molar-refractivity contribution is -0.130. The van der Waals surface area contributed by atoms with Gasteiger partial charge in [0.2, 0.25) is 5.91 Å². The molecule has 1 aliphatic heterocycles. The van der Waals surface area contributed by atoms with Crippen molar-refractivity contribution in [2.24, 2.45) is 0 Å². The maximum Gasteiger partial charge on any atom is 0.259 e. The Bertz CT molecular complexity index is 1120. The molecule has 0 aromatic heterocycles. The minimum atomic E-state index is -3.38. The molecule has 0 radical (unpaired) electrons. The predicted octanol–water partition coefficient (Wildman–Crippen LogP) is 2.91. The SMILES string of the molecule is CC(=O)N1c2ccc(-c3cccc(S(C)(=O)=O)c3)c(OCC(=O)N(C)C)c2CC[C@@H]1C. The molecule has 0 fully saturated rings. The fourth-order valence-corrected chi connectivity index (χ4v) is 4.50. The highest BCUT2D eigenvalue weighted by Crippen LogP contribution is 2.43. The van der Waals surface area contributed by atoms with Crippen LogP contribution in [0.15, 0.2) is 41.3 Å². The van der Waals surface area contributed by atoms with Gasteiger partial charge in [0, 0.05) is 44.4 Å². The van der Waals surface area contributed by atoms with Crippen molar-refractivity contribution in [1.29, 1.82) is 0 Å². The van der Waals surface area contributed by atoms with E-state index in [0.717, 1.165) is 23.9 Å². The summed E-state index contributed by atoms with van der Waals surface area (Å²) in [6, 6.07) is 10.4. The van der Waals surface area contributed by atoms with Gasteiger partial charge in [-0.05, 0) is 49.6 Å². The van der Waals surface area contributed by atoms with Crippen molar-refractivity contribution < 1.29 is 22.7 Å². The smallest absolute Gasteiger partial charge is 0.259 e. The Kier molecular flexibility index (Phi) is 6.40. The lowest BCUT2D eigenvalue weighted by Crippen LogP contribution is -2.41. The van der Waals surface area contributed by atoms with Gasteiger partial charge in [0.05, 0.1) is 10.6 Å². The zero-order valence-electron chi connectivity index (χ0n) is 18.5. The van der Waals surface area contributed by atoms with Crippen molar-refractivity contribution in [3.8, 4) is 16.9 Å². The average Bonchev–Trinajstić information content (AvgIpc) is 2.70. The summed E-state index contributed by atoms with van der Waals surface area (Å²) in [5.74, 6) is 0.258. The largest absolute Gasteiger partial charge is 0.483 e. The van der Waals surface area contributed by atoms with E-state index in [-0.39, 0.29) is 29.4 Å². The Morgan fingerprint density at radius 2 is 1.90 bits per heavy atom. The Balaban J connectivity index is 2.18. The Labute approximate surface area is 183 Å². The molecule has 8 heteroatoms. The molecule has 2 aromatic carbocycles. The molecule has 1 atom stereocenters. The van der Waals surface area contributed by atoms with Crippen LogP contribution in [0, 0.1) is 0 Å². The highest BCUT2D eigenvalue weighted by atomic mass is 32.2. The fraction of sp³-hybridized carbons (Fsp3) is 0.391. The number of anilines is 1. The second-order valence-electron chi connectivity index (χ2n) is 8.09. The van der Waals surface area contributed by atoms with E-state index in [1.807, 2.05) is 25.1 Å². The number of likely N-dealkylation sites (N-methyl/N-ethyl adjacent to an activating group) is 1. The topological polar surface area (TPSA) is 84.0 Å². The number of carbonyl (C=O) groups excluding carboxylic acids is 2. The van der Waals surface area contributed by atoms with Crippen LogP contribution in [0.25, 0.3) is 11.1 Å². The summed E-state index contributed by atoms with van der Waals surface area (Å²) in [6.07, 6.45) is 2.61. The van der Waals surface area contributed by atoms with Gasteiger partial charge in [-0.3, -0.25) is 9.59 Å². The van der Waals surface area contributed by atoms with Crippen molar-refractivity contribution >= 4 is 27.3 Å². The maximum absolute atomic E-state index is 12.3. The van der Waals surface area contributed by atoms with Gasteiger partial charge >= 0.3 is 0 Å². The normalized spacial score (nSPS) is 15.9. The third-order valence-corrected chi connectivity index (χ3v) is 6.61. The minimum Gasteiger partial charge on any atom is -0.483 e. The van der Waals surface area contributed by atoms with Gasteiger partial charge in [0.15, 0.2) is 16.4 Å². The molecule has 0 aliphatic carbocycles. The van der Waals surface area contributed by atoms with E-state index in [2.05, 4.69) is 0 Å². The van der Waals surface area contributed by atoms with Crippen molar-refractivity contribution in [3.63, 3.8) is 0 Å². The molecule has 0 saturated carbocycles. The summed E-state index contributed by atoms with van der Waals surface area (Å²) in [6.45, 7) is 3.38. The highest BCUT2D eigenvalue weighted by Gasteiger charge is 2.30. The summed E-state index contributed by atoms with van der Waals surface area (Å²) in [4.78, 5) is 27.9. The van der Waals surface area contributed by atoms with Crippen LogP contribution in [0.1, 0.15) is 25.8 Å². The van der Waals surface area contributed by atoms with Gasteiger partial charge in [-0.1, -0.05) is 12.1 Å². The molecule has 0 saturated heterocycles. The first kappa shape index (κ1) is 22.8. The summed E-state index contributed by atoms with van der Waals surface area (Å²) < 4.78 is 30.1. The van der Waals surface area contributed by atoms with Crippen LogP contribution in [0.2, 0.25) is 0 Å². The molecule has 7 nitrogen and oxygen atoms in total. The molecule has 0 spiro atoms. The Morgan fingerprint density at radius 1 is 1.19 bits per heavy atom. The van der Waals surface area contributed by atoms with Crippen molar-refractivity contribution in [3.05, 3.63) is 42.0 Å². The number of sulfone groups is 1. The molecule has 0 bridgehead atoms. The van der Waals surface area contributed by atoms with E-state index in [9.17, 15) is 18.0 Å². The number of ether oxygens (including phenoxy) is 1. The summed E-state index contributed by atoms with van der Waals surface area (Å²) in [5, 5.41) is 0.